The second-order valence-corrected chi connectivity index (χ2v) is 4.02. The molecule has 0 amide bonds. The number of hydrogen-bond donors (Lipinski definition) is 1. The van der Waals surface area contributed by atoms with Crippen LogP contribution in [0, 0.1) is 0 Å². The predicted octanol–water partition coefficient (Wildman–Crippen LogP) is 3.53. The largest absolute Gasteiger partial charge is 0.481 e. The molecule has 0 saturated carbocycles. The number of aliphatic carboxylic acids is 1. The number of aryl methyl sites for hydroxylation is 1. The number of halogens is 1. The number of rotatable bonds is 6. The monoisotopic (exact) mass is 226 g/mol. The van der Waals surface area contributed by atoms with E-state index >= 15 is 0 Å². The van der Waals surface area contributed by atoms with Gasteiger partial charge in [-0.15, -0.1) is 0 Å². The Morgan fingerprint density at radius 3 is 2.73 bits per heavy atom. The van der Waals surface area contributed by atoms with Crippen LogP contribution in [0.25, 0.3) is 0 Å². The number of hydrogen-bond acceptors (Lipinski definition) is 1. The second kappa shape index (κ2) is 6.46. The van der Waals surface area contributed by atoms with Crippen LogP contribution in [0.4, 0.5) is 0 Å². The molecule has 15 heavy (non-hydrogen) atoms. The molecule has 0 unspecified atom stereocenters. The fourth-order valence-electron chi connectivity index (χ4n) is 1.47. The molecule has 0 heterocycles. The van der Waals surface area contributed by atoms with Crippen LogP contribution in [-0.2, 0) is 11.2 Å². The van der Waals surface area contributed by atoms with Gasteiger partial charge in [-0.2, -0.15) is 0 Å². The number of benzene rings is 1. The Morgan fingerprint density at radius 2 is 2.07 bits per heavy atom. The lowest BCUT2D eigenvalue weighted by atomic mass is 10.1. The van der Waals surface area contributed by atoms with Crippen molar-refractivity contribution in [3.63, 3.8) is 0 Å². The van der Waals surface area contributed by atoms with Gasteiger partial charge in [-0.05, 0) is 37.0 Å². The molecule has 1 rings (SSSR count). The highest BCUT2D eigenvalue weighted by Crippen LogP contribution is 2.13. The van der Waals surface area contributed by atoms with E-state index < -0.39 is 5.97 Å². The summed E-state index contributed by atoms with van der Waals surface area (Å²) >= 11 is 5.85. The zero-order chi connectivity index (χ0) is 11.1. The van der Waals surface area contributed by atoms with Crippen molar-refractivity contribution in [3.05, 3.63) is 34.9 Å². The van der Waals surface area contributed by atoms with Gasteiger partial charge < -0.3 is 5.11 Å². The van der Waals surface area contributed by atoms with Crippen LogP contribution in [0.15, 0.2) is 24.3 Å². The first-order valence-corrected chi connectivity index (χ1v) is 5.52. The van der Waals surface area contributed by atoms with Gasteiger partial charge in [0.1, 0.15) is 0 Å². The Labute approximate surface area is 94.9 Å². The lowest BCUT2D eigenvalue weighted by Crippen LogP contribution is -1.94. The summed E-state index contributed by atoms with van der Waals surface area (Å²) in [4.78, 5) is 10.3. The molecule has 1 aromatic carbocycles. The maximum atomic E-state index is 10.3. The second-order valence-electron chi connectivity index (χ2n) is 3.58. The van der Waals surface area contributed by atoms with Gasteiger partial charge in [0.15, 0.2) is 0 Å². The standard InChI is InChI=1S/C12H15ClO2/c13-11-7-4-6-10(9-11)5-2-1-3-8-12(14)15/h4,6-7,9H,1-3,5,8H2,(H,14,15). The molecule has 0 radical (unpaired) electrons. The molecule has 82 valence electrons. The molecule has 3 heteroatoms. The van der Waals surface area contributed by atoms with E-state index in [2.05, 4.69) is 0 Å². The summed E-state index contributed by atoms with van der Waals surface area (Å²) in [7, 11) is 0. The Kier molecular flexibility index (Phi) is 5.19. The van der Waals surface area contributed by atoms with Crippen LogP contribution in [0.1, 0.15) is 31.2 Å². The molecule has 2 nitrogen and oxygen atoms in total. The van der Waals surface area contributed by atoms with Crippen LogP contribution in [0.5, 0.6) is 0 Å². The van der Waals surface area contributed by atoms with Gasteiger partial charge in [-0.1, -0.05) is 30.2 Å². The molecular weight excluding hydrogens is 212 g/mol. The minimum atomic E-state index is -0.710. The summed E-state index contributed by atoms with van der Waals surface area (Å²) in [5.74, 6) is -0.710. The summed E-state index contributed by atoms with van der Waals surface area (Å²) in [5, 5.41) is 9.21. The van der Waals surface area contributed by atoms with Gasteiger partial charge in [-0.25, -0.2) is 0 Å². The molecule has 0 bridgehead atoms. The fraction of sp³-hybridized carbons (Fsp3) is 0.417. The SMILES string of the molecule is O=C(O)CCCCCc1cccc(Cl)c1. The number of carboxylic acid groups (broad SMARTS) is 1. The molecule has 1 aromatic rings. The van der Waals surface area contributed by atoms with Crippen molar-refractivity contribution in [3.8, 4) is 0 Å². The zero-order valence-electron chi connectivity index (χ0n) is 8.58. The fourth-order valence-corrected chi connectivity index (χ4v) is 1.69. The molecule has 0 aromatic heterocycles. The Balaban J connectivity index is 2.17. The average Bonchev–Trinajstić information content (AvgIpc) is 2.17. The molecule has 0 aliphatic carbocycles. The third kappa shape index (κ3) is 5.43. The van der Waals surface area contributed by atoms with E-state index in [-0.39, 0.29) is 6.42 Å². The van der Waals surface area contributed by atoms with Gasteiger partial charge in [0.2, 0.25) is 0 Å². The van der Waals surface area contributed by atoms with E-state index in [9.17, 15) is 4.79 Å². The summed E-state index contributed by atoms with van der Waals surface area (Å²) in [6.07, 6.45) is 3.98. The third-order valence-corrected chi connectivity index (χ3v) is 2.48. The van der Waals surface area contributed by atoms with E-state index in [1.54, 1.807) is 0 Å². The summed E-state index contributed by atoms with van der Waals surface area (Å²) in [6, 6.07) is 7.80. The molecule has 0 atom stereocenters. The molecule has 0 saturated heterocycles. The van der Waals surface area contributed by atoms with Crippen molar-refractivity contribution in [2.75, 3.05) is 0 Å². The highest BCUT2D eigenvalue weighted by Gasteiger charge is 1.98. The van der Waals surface area contributed by atoms with Crippen LogP contribution >= 0.6 is 11.6 Å². The molecule has 1 N–H and O–H groups in total. The van der Waals surface area contributed by atoms with E-state index in [4.69, 9.17) is 16.7 Å². The topological polar surface area (TPSA) is 37.3 Å². The first-order chi connectivity index (χ1) is 7.18. The van der Waals surface area contributed by atoms with E-state index in [0.717, 1.165) is 30.7 Å². The van der Waals surface area contributed by atoms with Crippen molar-refractivity contribution in [2.45, 2.75) is 32.1 Å². The zero-order valence-corrected chi connectivity index (χ0v) is 9.33. The first-order valence-electron chi connectivity index (χ1n) is 5.15. The molecule has 0 aliphatic rings. The van der Waals surface area contributed by atoms with Crippen LogP contribution < -0.4 is 0 Å². The number of carbonyl (C=O) groups is 1. The molecule has 0 aliphatic heterocycles. The number of carboxylic acids is 1. The van der Waals surface area contributed by atoms with E-state index in [1.807, 2.05) is 24.3 Å². The molecule has 0 spiro atoms. The van der Waals surface area contributed by atoms with Gasteiger partial charge in [0, 0.05) is 11.4 Å². The Morgan fingerprint density at radius 1 is 1.27 bits per heavy atom. The lowest BCUT2D eigenvalue weighted by Gasteiger charge is -2.01. The average molecular weight is 227 g/mol. The normalized spacial score (nSPS) is 10.2. The molecular formula is C12H15ClO2. The lowest BCUT2D eigenvalue weighted by molar-refractivity contribution is -0.137. The molecule has 0 fully saturated rings. The van der Waals surface area contributed by atoms with Crippen molar-refractivity contribution in [1.29, 1.82) is 0 Å². The maximum Gasteiger partial charge on any atom is 0.303 e. The van der Waals surface area contributed by atoms with Crippen molar-refractivity contribution >= 4 is 17.6 Å². The van der Waals surface area contributed by atoms with Crippen LogP contribution in [0.2, 0.25) is 5.02 Å². The van der Waals surface area contributed by atoms with Crippen LogP contribution in [0.3, 0.4) is 0 Å². The third-order valence-electron chi connectivity index (χ3n) is 2.25. The summed E-state index contributed by atoms with van der Waals surface area (Å²) in [6.45, 7) is 0. The quantitative estimate of drug-likeness (QED) is 0.754. The van der Waals surface area contributed by atoms with Gasteiger partial charge in [-0.3, -0.25) is 4.79 Å². The highest BCUT2D eigenvalue weighted by molar-refractivity contribution is 6.30. The minimum Gasteiger partial charge on any atom is -0.481 e. The predicted molar refractivity (Wildman–Crippen MR) is 61.3 cm³/mol. The van der Waals surface area contributed by atoms with Crippen molar-refractivity contribution in [1.82, 2.24) is 0 Å². The van der Waals surface area contributed by atoms with Gasteiger partial charge in [0.05, 0.1) is 0 Å². The Bertz CT molecular complexity index is 323. The van der Waals surface area contributed by atoms with Crippen molar-refractivity contribution in [2.24, 2.45) is 0 Å². The van der Waals surface area contributed by atoms with Crippen molar-refractivity contribution < 1.29 is 9.90 Å². The van der Waals surface area contributed by atoms with Gasteiger partial charge >= 0.3 is 5.97 Å². The Hall–Kier alpha value is -1.02. The van der Waals surface area contributed by atoms with E-state index in [1.165, 1.54) is 5.56 Å². The first kappa shape index (κ1) is 12.1. The summed E-state index contributed by atoms with van der Waals surface area (Å²) in [5.41, 5.74) is 1.22. The smallest absolute Gasteiger partial charge is 0.303 e. The van der Waals surface area contributed by atoms with Gasteiger partial charge in [0.25, 0.3) is 0 Å². The maximum absolute atomic E-state index is 10.3. The number of unbranched alkanes of at least 4 members (excludes halogenated alkanes) is 2. The minimum absolute atomic E-state index is 0.273. The highest BCUT2D eigenvalue weighted by atomic mass is 35.5. The van der Waals surface area contributed by atoms with Crippen LogP contribution in [-0.4, -0.2) is 11.1 Å². The summed E-state index contributed by atoms with van der Waals surface area (Å²) < 4.78 is 0. The van der Waals surface area contributed by atoms with E-state index in [0.29, 0.717) is 0 Å².